The van der Waals surface area contributed by atoms with Gasteiger partial charge in [-0.2, -0.15) is 0 Å². The molecule has 2 aliphatic rings. The van der Waals surface area contributed by atoms with Gasteiger partial charge in [0, 0.05) is 6.42 Å². The zero-order valence-electron chi connectivity index (χ0n) is 7.83. The van der Waals surface area contributed by atoms with Crippen molar-refractivity contribution in [1.29, 1.82) is 0 Å². The van der Waals surface area contributed by atoms with Gasteiger partial charge in [-0.25, -0.2) is 0 Å². The Balaban J connectivity index is 2.16. The molecule has 1 fully saturated rings. The SMILES string of the molecule is ClC1CCc2onc(Br)c2C12OCCO2. The number of nitrogens with zero attached hydrogens (tertiary/aromatic N) is 1. The van der Waals surface area contributed by atoms with Crippen LogP contribution in [0.15, 0.2) is 9.13 Å². The lowest BCUT2D eigenvalue weighted by atomic mass is 9.92. The van der Waals surface area contributed by atoms with Gasteiger partial charge in [0.05, 0.1) is 24.2 Å². The van der Waals surface area contributed by atoms with E-state index in [2.05, 4.69) is 21.1 Å². The molecule has 0 radical (unpaired) electrons. The lowest BCUT2D eigenvalue weighted by Crippen LogP contribution is -2.41. The summed E-state index contributed by atoms with van der Waals surface area (Å²) >= 11 is 9.64. The van der Waals surface area contributed by atoms with E-state index in [1.54, 1.807) is 0 Å². The van der Waals surface area contributed by atoms with Crippen LogP contribution in [0.2, 0.25) is 0 Å². The Bertz CT molecular complexity index is 389. The summed E-state index contributed by atoms with van der Waals surface area (Å²) in [6.07, 6.45) is 1.55. The maximum atomic E-state index is 6.30. The van der Waals surface area contributed by atoms with Crippen LogP contribution in [0, 0.1) is 0 Å². The highest BCUT2D eigenvalue weighted by molar-refractivity contribution is 9.10. The molecule has 1 aromatic heterocycles. The second kappa shape index (κ2) is 3.45. The Kier molecular flexibility index (Phi) is 2.32. The summed E-state index contributed by atoms with van der Waals surface area (Å²) < 4.78 is 17.2. The molecule has 1 aliphatic carbocycles. The van der Waals surface area contributed by atoms with E-state index in [0.29, 0.717) is 17.8 Å². The minimum Gasteiger partial charge on any atom is -0.360 e. The summed E-state index contributed by atoms with van der Waals surface area (Å²) in [7, 11) is 0. The number of alkyl halides is 1. The number of hydrogen-bond donors (Lipinski definition) is 0. The fourth-order valence-corrected chi connectivity index (χ4v) is 3.08. The number of hydrogen-bond acceptors (Lipinski definition) is 4. The zero-order chi connectivity index (χ0) is 10.5. The molecular formula is C9H9BrClNO3. The first-order valence-corrected chi connectivity index (χ1v) is 6.03. The summed E-state index contributed by atoms with van der Waals surface area (Å²) in [5.41, 5.74) is 0.825. The van der Waals surface area contributed by atoms with Crippen molar-refractivity contribution in [3.8, 4) is 0 Å². The molecule has 6 heteroatoms. The molecule has 82 valence electrons. The molecule has 1 aromatic rings. The third-order valence-corrected chi connectivity index (χ3v) is 3.87. The van der Waals surface area contributed by atoms with E-state index < -0.39 is 5.79 Å². The molecule has 1 atom stereocenters. The normalized spacial score (nSPS) is 28.3. The van der Waals surface area contributed by atoms with Gasteiger partial charge in [-0.3, -0.25) is 0 Å². The molecule has 1 saturated heterocycles. The highest BCUT2D eigenvalue weighted by Crippen LogP contribution is 2.47. The minimum atomic E-state index is -0.853. The first-order valence-electron chi connectivity index (χ1n) is 4.80. The van der Waals surface area contributed by atoms with Crippen LogP contribution in [0.5, 0.6) is 0 Å². The van der Waals surface area contributed by atoms with Gasteiger partial charge >= 0.3 is 0 Å². The Labute approximate surface area is 100.0 Å². The van der Waals surface area contributed by atoms with Crippen LogP contribution in [0.4, 0.5) is 0 Å². The first-order chi connectivity index (χ1) is 7.24. The minimum absolute atomic E-state index is 0.191. The monoisotopic (exact) mass is 293 g/mol. The number of aryl methyl sites for hydroxylation is 1. The molecule has 4 nitrogen and oxygen atoms in total. The summed E-state index contributed by atoms with van der Waals surface area (Å²) in [5.74, 6) is -0.0470. The molecule has 0 saturated carbocycles. The number of ether oxygens (including phenoxy) is 2. The van der Waals surface area contributed by atoms with Gasteiger partial charge in [-0.05, 0) is 22.4 Å². The second-order valence-electron chi connectivity index (χ2n) is 3.64. The first kappa shape index (κ1) is 10.1. The lowest BCUT2D eigenvalue weighted by molar-refractivity contribution is -0.173. The maximum Gasteiger partial charge on any atom is 0.218 e. The van der Waals surface area contributed by atoms with Crippen molar-refractivity contribution in [3.05, 3.63) is 15.9 Å². The predicted octanol–water partition coefficient (Wildman–Crippen LogP) is 2.19. The van der Waals surface area contributed by atoms with Crippen molar-refractivity contribution < 1.29 is 14.0 Å². The van der Waals surface area contributed by atoms with E-state index in [1.807, 2.05) is 0 Å². The van der Waals surface area contributed by atoms with Crippen LogP contribution in [-0.2, 0) is 21.7 Å². The van der Waals surface area contributed by atoms with Crippen molar-refractivity contribution in [1.82, 2.24) is 5.16 Å². The molecule has 3 rings (SSSR count). The summed E-state index contributed by atoms with van der Waals surface area (Å²) in [5, 5.41) is 3.68. The highest BCUT2D eigenvalue weighted by atomic mass is 79.9. The largest absolute Gasteiger partial charge is 0.360 e. The van der Waals surface area contributed by atoms with Crippen molar-refractivity contribution in [2.45, 2.75) is 24.0 Å². The molecule has 1 unspecified atom stereocenters. The Morgan fingerprint density at radius 3 is 2.87 bits per heavy atom. The van der Waals surface area contributed by atoms with E-state index in [0.717, 1.165) is 24.2 Å². The van der Waals surface area contributed by atoms with Crippen molar-refractivity contribution in [3.63, 3.8) is 0 Å². The number of aromatic nitrogens is 1. The van der Waals surface area contributed by atoms with Crippen LogP contribution in [0.3, 0.4) is 0 Å². The maximum absolute atomic E-state index is 6.30. The van der Waals surface area contributed by atoms with Crippen LogP contribution >= 0.6 is 27.5 Å². The molecule has 0 amide bonds. The number of halogens is 2. The number of rotatable bonds is 0. The Morgan fingerprint density at radius 2 is 2.13 bits per heavy atom. The zero-order valence-corrected chi connectivity index (χ0v) is 10.2. The van der Waals surface area contributed by atoms with Gasteiger partial charge in [0.25, 0.3) is 0 Å². The van der Waals surface area contributed by atoms with Crippen LogP contribution in [-0.4, -0.2) is 23.7 Å². The van der Waals surface area contributed by atoms with E-state index in [-0.39, 0.29) is 5.38 Å². The third kappa shape index (κ3) is 1.30. The van der Waals surface area contributed by atoms with Gasteiger partial charge in [0.2, 0.25) is 5.79 Å². The van der Waals surface area contributed by atoms with E-state index in [1.165, 1.54) is 0 Å². The summed E-state index contributed by atoms with van der Waals surface area (Å²) in [6, 6.07) is 0. The van der Waals surface area contributed by atoms with Gasteiger partial charge in [-0.15, -0.1) is 11.6 Å². The summed E-state index contributed by atoms with van der Waals surface area (Å²) in [6.45, 7) is 1.11. The van der Waals surface area contributed by atoms with E-state index in [4.69, 9.17) is 25.6 Å². The predicted molar refractivity (Wildman–Crippen MR) is 55.7 cm³/mol. The molecule has 1 spiro atoms. The lowest BCUT2D eigenvalue weighted by Gasteiger charge is -2.34. The molecular weight excluding hydrogens is 285 g/mol. The Hall–Kier alpha value is -0.100. The standard InChI is InChI=1S/C9H9BrClNO3/c10-8-7-5(15-12-8)1-2-6(11)9(7)13-3-4-14-9/h6H,1-4H2. The van der Waals surface area contributed by atoms with Crippen LogP contribution in [0.25, 0.3) is 0 Å². The molecule has 0 N–H and O–H groups in total. The second-order valence-corrected chi connectivity index (χ2v) is 4.92. The van der Waals surface area contributed by atoms with Crippen LogP contribution in [0.1, 0.15) is 17.7 Å². The Morgan fingerprint density at radius 1 is 1.40 bits per heavy atom. The van der Waals surface area contributed by atoms with Gasteiger partial charge in [0.15, 0.2) is 4.60 Å². The van der Waals surface area contributed by atoms with Crippen molar-refractivity contribution in [2.24, 2.45) is 0 Å². The average Bonchev–Trinajstić information content (AvgIpc) is 2.81. The fraction of sp³-hybridized carbons (Fsp3) is 0.667. The molecule has 0 aromatic carbocycles. The summed E-state index contributed by atoms with van der Waals surface area (Å²) in [4.78, 5) is 0. The smallest absolute Gasteiger partial charge is 0.218 e. The van der Waals surface area contributed by atoms with Gasteiger partial charge in [0.1, 0.15) is 5.76 Å². The van der Waals surface area contributed by atoms with Gasteiger partial charge in [-0.1, -0.05) is 5.16 Å². The fourth-order valence-electron chi connectivity index (χ4n) is 2.17. The quantitative estimate of drug-likeness (QED) is 0.688. The number of fused-ring (bicyclic) bond motifs is 2. The topological polar surface area (TPSA) is 44.5 Å². The highest BCUT2D eigenvalue weighted by Gasteiger charge is 2.52. The van der Waals surface area contributed by atoms with Crippen LogP contribution < -0.4 is 0 Å². The molecule has 2 heterocycles. The average molecular weight is 295 g/mol. The third-order valence-electron chi connectivity index (χ3n) is 2.82. The van der Waals surface area contributed by atoms with E-state index >= 15 is 0 Å². The molecule has 1 aliphatic heterocycles. The molecule has 15 heavy (non-hydrogen) atoms. The van der Waals surface area contributed by atoms with Crippen molar-refractivity contribution >= 4 is 27.5 Å². The van der Waals surface area contributed by atoms with Crippen molar-refractivity contribution in [2.75, 3.05) is 13.2 Å². The van der Waals surface area contributed by atoms with Gasteiger partial charge < -0.3 is 14.0 Å². The van der Waals surface area contributed by atoms with E-state index in [9.17, 15) is 0 Å². The molecule has 0 bridgehead atoms.